The zero-order valence-electron chi connectivity index (χ0n) is 14.4. The number of carbonyl (C=O) groups is 3. The minimum Gasteiger partial charge on any atom is -0.481 e. The van der Waals surface area contributed by atoms with Gasteiger partial charge in [-0.3, -0.25) is 14.4 Å². The molecule has 0 aromatic carbocycles. The molecule has 7 nitrogen and oxygen atoms in total. The van der Waals surface area contributed by atoms with Gasteiger partial charge in [-0.25, -0.2) is 0 Å². The molecule has 0 radical (unpaired) electrons. The molecule has 7 heteroatoms. The summed E-state index contributed by atoms with van der Waals surface area (Å²) < 4.78 is 5.26. The Hall–Kier alpha value is -2.31. The maximum Gasteiger partial charge on any atom is 0.308 e. The smallest absolute Gasteiger partial charge is 0.308 e. The first-order valence-corrected chi connectivity index (χ1v) is 8.74. The fourth-order valence-electron chi connectivity index (χ4n) is 3.95. The molecule has 2 fully saturated rings. The second-order valence-electron chi connectivity index (χ2n) is 7.30. The number of carbonyl (C=O) groups excluding carboxylic acids is 2. The molecule has 2 N–H and O–H groups in total. The third kappa shape index (κ3) is 3.70. The van der Waals surface area contributed by atoms with E-state index in [0.717, 1.165) is 12.8 Å². The molecule has 1 aliphatic carbocycles. The molecule has 1 aliphatic heterocycles. The van der Waals surface area contributed by atoms with Gasteiger partial charge in [-0.05, 0) is 31.9 Å². The summed E-state index contributed by atoms with van der Waals surface area (Å²) >= 11 is 0. The summed E-state index contributed by atoms with van der Waals surface area (Å²) in [5.41, 5.74) is -0.751. The van der Waals surface area contributed by atoms with Crippen LogP contribution in [0.2, 0.25) is 0 Å². The van der Waals surface area contributed by atoms with E-state index in [0.29, 0.717) is 31.7 Å². The SMILES string of the molecule is CC1(NC(=O)C2CC(=O)N(Cc3ccco3)C2)CCCCC1C(=O)O. The molecule has 3 unspecified atom stereocenters. The van der Waals surface area contributed by atoms with Crippen LogP contribution < -0.4 is 5.32 Å². The summed E-state index contributed by atoms with van der Waals surface area (Å²) in [5, 5.41) is 12.4. The molecular weight excluding hydrogens is 324 g/mol. The average molecular weight is 348 g/mol. The Bertz CT molecular complexity index is 656. The normalized spacial score (nSPS) is 29.6. The predicted octanol–water partition coefficient (Wildman–Crippen LogP) is 1.78. The molecule has 1 aromatic rings. The van der Waals surface area contributed by atoms with Gasteiger partial charge >= 0.3 is 5.97 Å². The van der Waals surface area contributed by atoms with Gasteiger partial charge in [-0.2, -0.15) is 0 Å². The quantitative estimate of drug-likeness (QED) is 0.845. The highest BCUT2D eigenvalue weighted by Crippen LogP contribution is 2.34. The molecule has 1 saturated heterocycles. The van der Waals surface area contributed by atoms with E-state index in [1.807, 2.05) is 0 Å². The number of nitrogens with zero attached hydrogens (tertiary/aromatic N) is 1. The van der Waals surface area contributed by atoms with E-state index in [9.17, 15) is 19.5 Å². The van der Waals surface area contributed by atoms with Crippen molar-refractivity contribution in [2.75, 3.05) is 6.54 Å². The van der Waals surface area contributed by atoms with Gasteiger partial charge in [0.15, 0.2) is 0 Å². The molecule has 3 rings (SSSR count). The third-order valence-electron chi connectivity index (χ3n) is 5.43. The number of rotatable bonds is 5. The molecule has 2 amide bonds. The van der Waals surface area contributed by atoms with E-state index in [2.05, 4.69) is 5.32 Å². The van der Waals surface area contributed by atoms with Crippen molar-refractivity contribution in [3.8, 4) is 0 Å². The average Bonchev–Trinajstić information content (AvgIpc) is 3.18. The van der Waals surface area contributed by atoms with Gasteiger partial charge < -0.3 is 19.7 Å². The molecule has 25 heavy (non-hydrogen) atoms. The van der Waals surface area contributed by atoms with Gasteiger partial charge in [0.25, 0.3) is 0 Å². The highest BCUT2D eigenvalue weighted by atomic mass is 16.4. The van der Waals surface area contributed by atoms with Crippen LogP contribution in [-0.4, -0.2) is 39.9 Å². The lowest BCUT2D eigenvalue weighted by Crippen LogP contribution is -2.56. The van der Waals surface area contributed by atoms with E-state index in [1.54, 1.807) is 30.2 Å². The predicted molar refractivity (Wildman–Crippen MR) is 88.4 cm³/mol. The first-order valence-electron chi connectivity index (χ1n) is 8.74. The lowest BCUT2D eigenvalue weighted by Gasteiger charge is -2.40. The van der Waals surface area contributed by atoms with E-state index in [4.69, 9.17) is 4.42 Å². The molecule has 0 bridgehead atoms. The van der Waals surface area contributed by atoms with Crippen molar-refractivity contribution in [3.05, 3.63) is 24.2 Å². The van der Waals surface area contributed by atoms with Gasteiger partial charge in [-0.1, -0.05) is 12.8 Å². The molecular formula is C18H24N2O5. The van der Waals surface area contributed by atoms with Crippen LogP contribution in [0.3, 0.4) is 0 Å². The van der Waals surface area contributed by atoms with Gasteiger partial charge in [0.05, 0.1) is 30.2 Å². The Morgan fingerprint density at radius 2 is 2.24 bits per heavy atom. The minimum atomic E-state index is -0.871. The Morgan fingerprint density at radius 3 is 2.92 bits per heavy atom. The number of aliphatic carboxylic acids is 1. The van der Waals surface area contributed by atoms with Crippen LogP contribution in [0.15, 0.2) is 22.8 Å². The Kier molecular flexibility index (Phi) is 4.83. The van der Waals surface area contributed by atoms with Gasteiger partial charge in [-0.15, -0.1) is 0 Å². The molecule has 0 spiro atoms. The van der Waals surface area contributed by atoms with Crippen LogP contribution in [0.5, 0.6) is 0 Å². The molecule has 1 saturated carbocycles. The van der Waals surface area contributed by atoms with E-state index in [-0.39, 0.29) is 18.2 Å². The first-order chi connectivity index (χ1) is 11.9. The van der Waals surface area contributed by atoms with Gasteiger partial charge in [0.1, 0.15) is 5.76 Å². The second kappa shape index (κ2) is 6.90. The van der Waals surface area contributed by atoms with Crippen LogP contribution in [0.4, 0.5) is 0 Å². The van der Waals surface area contributed by atoms with Crippen molar-refractivity contribution in [2.45, 2.75) is 51.1 Å². The largest absolute Gasteiger partial charge is 0.481 e. The molecule has 1 aromatic heterocycles. The lowest BCUT2D eigenvalue weighted by molar-refractivity contribution is -0.147. The summed E-state index contributed by atoms with van der Waals surface area (Å²) in [4.78, 5) is 38.0. The molecule has 2 aliphatic rings. The van der Waals surface area contributed by atoms with Gasteiger partial charge in [0.2, 0.25) is 11.8 Å². The van der Waals surface area contributed by atoms with Crippen molar-refractivity contribution in [1.82, 2.24) is 10.2 Å². The van der Waals surface area contributed by atoms with Crippen molar-refractivity contribution >= 4 is 17.8 Å². The summed E-state index contributed by atoms with van der Waals surface area (Å²) in [6, 6.07) is 3.55. The van der Waals surface area contributed by atoms with Crippen molar-refractivity contribution in [1.29, 1.82) is 0 Å². The fraction of sp³-hybridized carbons (Fsp3) is 0.611. The van der Waals surface area contributed by atoms with E-state index in [1.165, 1.54) is 0 Å². The number of carboxylic acid groups (broad SMARTS) is 1. The zero-order valence-corrected chi connectivity index (χ0v) is 14.4. The maximum absolute atomic E-state index is 12.7. The van der Waals surface area contributed by atoms with Crippen molar-refractivity contribution < 1.29 is 23.9 Å². The number of hydrogen-bond acceptors (Lipinski definition) is 4. The second-order valence-corrected chi connectivity index (χ2v) is 7.30. The van der Waals surface area contributed by atoms with Crippen LogP contribution >= 0.6 is 0 Å². The van der Waals surface area contributed by atoms with Crippen molar-refractivity contribution in [3.63, 3.8) is 0 Å². The number of likely N-dealkylation sites (tertiary alicyclic amines) is 1. The van der Waals surface area contributed by atoms with Crippen LogP contribution in [-0.2, 0) is 20.9 Å². The summed E-state index contributed by atoms with van der Waals surface area (Å²) in [5.74, 6) is -1.53. The van der Waals surface area contributed by atoms with Crippen LogP contribution in [0.25, 0.3) is 0 Å². The maximum atomic E-state index is 12.7. The standard InChI is InChI=1S/C18H24N2O5/c1-18(7-3-2-6-14(18)17(23)24)19-16(22)12-9-15(21)20(10-12)11-13-5-4-8-25-13/h4-5,8,12,14H,2-3,6-7,9-11H2,1H3,(H,19,22)(H,23,24). The third-order valence-corrected chi connectivity index (χ3v) is 5.43. The van der Waals surface area contributed by atoms with Crippen LogP contribution in [0, 0.1) is 11.8 Å². The number of carboxylic acids is 1. The highest BCUT2D eigenvalue weighted by molar-refractivity contribution is 5.90. The first kappa shape index (κ1) is 17.5. The number of hydrogen-bond donors (Lipinski definition) is 2. The topological polar surface area (TPSA) is 99.9 Å². The minimum absolute atomic E-state index is 0.0832. The van der Waals surface area contributed by atoms with Crippen LogP contribution in [0.1, 0.15) is 44.8 Å². The Labute approximate surface area is 146 Å². The Morgan fingerprint density at radius 1 is 1.44 bits per heavy atom. The molecule has 136 valence electrons. The number of amides is 2. The van der Waals surface area contributed by atoms with Crippen molar-refractivity contribution in [2.24, 2.45) is 11.8 Å². The zero-order chi connectivity index (χ0) is 18.0. The summed E-state index contributed by atoms with van der Waals surface area (Å²) in [7, 11) is 0. The van der Waals surface area contributed by atoms with E-state index >= 15 is 0 Å². The molecule has 3 atom stereocenters. The van der Waals surface area contributed by atoms with Gasteiger partial charge in [0, 0.05) is 13.0 Å². The number of nitrogens with one attached hydrogen (secondary N) is 1. The summed E-state index contributed by atoms with van der Waals surface area (Å²) in [6.45, 7) is 2.49. The monoisotopic (exact) mass is 348 g/mol. The lowest BCUT2D eigenvalue weighted by atomic mass is 9.73. The van der Waals surface area contributed by atoms with E-state index < -0.39 is 23.3 Å². The fourth-order valence-corrected chi connectivity index (χ4v) is 3.95. The summed E-state index contributed by atoms with van der Waals surface area (Å²) in [6.07, 6.45) is 4.68. The Balaban J connectivity index is 1.63. The number of furan rings is 1. The highest BCUT2D eigenvalue weighted by Gasteiger charge is 2.44. The molecule has 2 heterocycles.